The fourth-order valence-corrected chi connectivity index (χ4v) is 4.67. The van der Waals surface area contributed by atoms with Crippen molar-refractivity contribution < 1.29 is 4.79 Å². The van der Waals surface area contributed by atoms with Crippen molar-refractivity contribution in [2.45, 2.75) is 25.2 Å². The zero-order chi connectivity index (χ0) is 14.9. The van der Waals surface area contributed by atoms with Gasteiger partial charge in [-0.3, -0.25) is 4.79 Å². The molecule has 2 aliphatic heterocycles. The van der Waals surface area contributed by atoms with Gasteiger partial charge in [0, 0.05) is 25.6 Å². The number of piperidine rings is 1. The molecule has 1 N–H and O–H groups in total. The molecular weight excluding hydrogens is 365 g/mol. The number of hydrogen-bond acceptors (Lipinski definition) is 4. The lowest BCUT2D eigenvalue weighted by Gasteiger charge is -2.32. The van der Waals surface area contributed by atoms with Gasteiger partial charge in [0.1, 0.15) is 0 Å². The summed E-state index contributed by atoms with van der Waals surface area (Å²) in [5.74, 6) is 1.08. The lowest BCUT2D eigenvalue weighted by atomic mass is 9.96. The SMILES string of the molecule is Cl.Cl.O=C(C1CCNC1)N1CCC(c2nc3ccccc3s2)CC1. The fourth-order valence-electron chi connectivity index (χ4n) is 3.54. The number of halogens is 2. The van der Waals surface area contributed by atoms with Crippen LogP contribution in [0.2, 0.25) is 0 Å². The number of carbonyl (C=O) groups excluding carboxylic acids is 1. The van der Waals surface area contributed by atoms with Gasteiger partial charge in [0.05, 0.1) is 21.1 Å². The monoisotopic (exact) mass is 387 g/mol. The smallest absolute Gasteiger partial charge is 0.227 e. The van der Waals surface area contributed by atoms with Gasteiger partial charge in [0.15, 0.2) is 0 Å². The van der Waals surface area contributed by atoms with Crippen LogP contribution in [0.5, 0.6) is 0 Å². The highest BCUT2D eigenvalue weighted by molar-refractivity contribution is 7.18. The molecule has 24 heavy (non-hydrogen) atoms. The maximum Gasteiger partial charge on any atom is 0.227 e. The molecule has 1 unspecified atom stereocenters. The van der Waals surface area contributed by atoms with E-state index in [1.165, 1.54) is 9.71 Å². The second-order valence-electron chi connectivity index (χ2n) is 6.31. The Labute approximate surface area is 158 Å². The summed E-state index contributed by atoms with van der Waals surface area (Å²) >= 11 is 1.81. The van der Waals surface area contributed by atoms with Crippen molar-refractivity contribution in [2.24, 2.45) is 5.92 Å². The molecule has 2 fully saturated rings. The Hall–Kier alpha value is -0.880. The molecular formula is C17H23Cl2N3OS. The third-order valence-electron chi connectivity index (χ3n) is 4.88. The zero-order valence-corrected chi connectivity index (χ0v) is 15.9. The van der Waals surface area contributed by atoms with Gasteiger partial charge in [0.25, 0.3) is 0 Å². The standard InChI is InChI=1S/C17H21N3OS.2ClH/c21-17(13-5-8-18-11-13)20-9-6-12(7-10-20)16-19-14-3-1-2-4-15(14)22-16;;/h1-4,12-13,18H,5-11H2;2*1H. The molecule has 7 heteroatoms. The molecule has 0 spiro atoms. The molecule has 0 aliphatic carbocycles. The molecule has 2 aromatic rings. The van der Waals surface area contributed by atoms with Crippen LogP contribution in [0.4, 0.5) is 0 Å². The number of thiazole rings is 1. The summed E-state index contributed by atoms with van der Waals surface area (Å²) in [6.07, 6.45) is 3.09. The van der Waals surface area contributed by atoms with Crippen molar-refractivity contribution in [2.75, 3.05) is 26.2 Å². The number of nitrogens with one attached hydrogen (secondary N) is 1. The summed E-state index contributed by atoms with van der Waals surface area (Å²) in [7, 11) is 0. The number of likely N-dealkylation sites (tertiary alicyclic amines) is 1. The van der Waals surface area contributed by atoms with Gasteiger partial charge in [-0.25, -0.2) is 4.98 Å². The highest BCUT2D eigenvalue weighted by Crippen LogP contribution is 2.34. The van der Waals surface area contributed by atoms with E-state index in [9.17, 15) is 4.79 Å². The first-order valence-corrected chi connectivity index (χ1v) is 8.98. The average molecular weight is 388 g/mol. The molecule has 4 nitrogen and oxygen atoms in total. The van der Waals surface area contributed by atoms with E-state index in [0.29, 0.717) is 11.8 Å². The van der Waals surface area contributed by atoms with E-state index in [0.717, 1.165) is 51.0 Å². The number of carbonyl (C=O) groups is 1. The maximum absolute atomic E-state index is 12.5. The molecule has 0 bridgehead atoms. The first kappa shape index (κ1) is 19.4. The van der Waals surface area contributed by atoms with E-state index in [4.69, 9.17) is 4.98 Å². The third-order valence-corrected chi connectivity index (χ3v) is 6.07. The summed E-state index contributed by atoms with van der Waals surface area (Å²) < 4.78 is 1.27. The summed E-state index contributed by atoms with van der Waals surface area (Å²) in [6, 6.07) is 8.34. The predicted molar refractivity (Wildman–Crippen MR) is 104 cm³/mol. The highest BCUT2D eigenvalue weighted by atomic mass is 35.5. The first-order chi connectivity index (χ1) is 10.8. The number of benzene rings is 1. The van der Waals surface area contributed by atoms with Gasteiger partial charge in [-0.2, -0.15) is 0 Å². The molecule has 3 heterocycles. The van der Waals surface area contributed by atoms with Crippen LogP contribution in [-0.4, -0.2) is 42.0 Å². The fraction of sp³-hybridized carbons (Fsp3) is 0.529. The summed E-state index contributed by atoms with van der Waals surface area (Å²) in [4.78, 5) is 19.3. The Morgan fingerprint density at radius 3 is 2.58 bits per heavy atom. The lowest BCUT2D eigenvalue weighted by Crippen LogP contribution is -2.41. The third kappa shape index (κ3) is 3.85. The number of hydrogen-bond donors (Lipinski definition) is 1. The summed E-state index contributed by atoms with van der Waals surface area (Å²) in [6.45, 7) is 3.61. The molecule has 132 valence electrons. The maximum atomic E-state index is 12.5. The van der Waals surface area contributed by atoms with Crippen LogP contribution < -0.4 is 5.32 Å². The van der Waals surface area contributed by atoms with E-state index in [1.807, 2.05) is 17.4 Å². The van der Waals surface area contributed by atoms with Crippen molar-refractivity contribution >= 4 is 52.3 Å². The van der Waals surface area contributed by atoms with Gasteiger partial charge in [-0.15, -0.1) is 36.2 Å². The Morgan fingerprint density at radius 1 is 1.17 bits per heavy atom. The van der Waals surface area contributed by atoms with Crippen LogP contribution in [0.15, 0.2) is 24.3 Å². The van der Waals surface area contributed by atoms with Crippen LogP contribution in [0.25, 0.3) is 10.2 Å². The Morgan fingerprint density at radius 2 is 1.92 bits per heavy atom. The summed E-state index contributed by atoms with van der Waals surface area (Å²) in [5, 5.41) is 4.53. The minimum absolute atomic E-state index is 0. The van der Waals surface area contributed by atoms with Crippen LogP contribution in [-0.2, 0) is 4.79 Å². The van der Waals surface area contributed by atoms with E-state index in [-0.39, 0.29) is 30.7 Å². The van der Waals surface area contributed by atoms with Crippen molar-refractivity contribution in [3.63, 3.8) is 0 Å². The van der Waals surface area contributed by atoms with Gasteiger partial charge in [-0.1, -0.05) is 12.1 Å². The average Bonchev–Trinajstić information content (AvgIpc) is 3.23. The lowest BCUT2D eigenvalue weighted by molar-refractivity contribution is -0.136. The van der Waals surface area contributed by atoms with Crippen LogP contribution in [0, 0.1) is 5.92 Å². The largest absolute Gasteiger partial charge is 0.342 e. The highest BCUT2D eigenvalue weighted by Gasteiger charge is 2.31. The Kier molecular flexibility index (Phi) is 6.87. The number of aromatic nitrogens is 1. The second-order valence-corrected chi connectivity index (χ2v) is 7.37. The van der Waals surface area contributed by atoms with E-state index < -0.39 is 0 Å². The molecule has 1 amide bonds. The quantitative estimate of drug-likeness (QED) is 0.857. The van der Waals surface area contributed by atoms with Gasteiger partial charge < -0.3 is 10.2 Å². The zero-order valence-electron chi connectivity index (χ0n) is 13.4. The number of para-hydroxylation sites is 1. The van der Waals surface area contributed by atoms with Crippen molar-refractivity contribution in [1.82, 2.24) is 15.2 Å². The molecule has 4 rings (SSSR count). The number of fused-ring (bicyclic) bond motifs is 1. The molecule has 2 aliphatic rings. The number of rotatable bonds is 2. The molecule has 1 aromatic heterocycles. The molecule has 0 saturated carbocycles. The first-order valence-electron chi connectivity index (χ1n) is 8.16. The predicted octanol–water partition coefficient (Wildman–Crippen LogP) is 3.46. The van der Waals surface area contributed by atoms with Crippen molar-refractivity contribution in [3.05, 3.63) is 29.3 Å². The van der Waals surface area contributed by atoms with Crippen LogP contribution in [0.3, 0.4) is 0 Å². The van der Waals surface area contributed by atoms with E-state index >= 15 is 0 Å². The van der Waals surface area contributed by atoms with Gasteiger partial charge in [0.2, 0.25) is 5.91 Å². The topological polar surface area (TPSA) is 45.2 Å². The minimum atomic E-state index is 0. The van der Waals surface area contributed by atoms with Gasteiger partial charge in [-0.05, 0) is 37.9 Å². The number of nitrogens with zero attached hydrogens (tertiary/aromatic N) is 2. The second kappa shape index (κ2) is 8.48. The van der Waals surface area contributed by atoms with E-state index in [2.05, 4.69) is 28.4 Å². The normalized spacial score (nSPS) is 21.3. The van der Waals surface area contributed by atoms with Crippen molar-refractivity contribution in [3.8, 4) is 0 Å². The summed E-state index contributed by atoms with van der Waals surface area (Å²) in [5.41, 5.74) is 1.11. The van der Waals surface area contributed by atoms with Crippen molar-refractivity contribution in [1.29, 1.82) is 0 Å². The Balaban J connectivity index is 0.00000104. The molecule has 0 radical (unpaired) electrons. The minimum Gasteiger partial charge on any atom is -0.342 e. The molecule has 1 aromatic carbocycles. The Bertz CT molecular complexity index is 646. The van der Waals surface area contributed by atoms with Gasteiger partial charge >= 0.3 is 0 Å². The number of amides is 1. The molecule has 2 saturated heterocycles. The molecule has 1 atom stereocenters. The van der Waals surface area contributed by atoms with Crippen LogP contribution in [0.1, 0.15) is 30.2 Å². The van der Waals surface area contributed by atoms with Crippen LogP contribution >= 0.6 is 36.2 Å². The van der Waals surface area contributed by atoms with E-state index in [1.54, 1.807) is 0 Å².